The van der Waals surface area contributed by atoms with Crippen LogP contribution in [0.5, 0.6) is 0 Å². The van der Waals surface area contributed by atoms with E-state index in [1.165, 1.54) is 6.07 Å². The number of hydrogen-bond acceptors (Lipinski definition) is 4. The maximum Gasteiger partial charge on any atom is 0.407 e. The molecular formula is C24H22ClF3N2O3S. The molecule has 0 radical (unpaired) electrons. The Hall–Kier alpha value is -2.39. The standard InChI is InChI=1S/C24H22ClF3N2O3S/c1-11-4-13-6-15(9-16(11)24(13)10-29-23(32)33-24)34-20-5-12(2-3-17(20)25)22(31)30-14-7-18(26)21(28)19(27)8-14/h2-3,5,7-8,11,13,15-16H,4,6,9-10H2,1H3,(H,29,32)(H,30,31)/t11-,13?,15+,16+,24+/m0/s1. The molecule has 1 heterocycles. The average Bonchev–Trinajstić information content (AvgIpc) is 3.21. The van der Waals surface area contributed by atoms with Gasteiger partial charge in [0.2, 0.25) is 0 Å². The number of amides is 2. The Balaban J connectivity index is 1.31. The second kappa shape index (κ2) is 8.68. The van der Waals surface area contributed by atoms with Crippen LogP contribution in [0.3, 0.4) is 0 Å². The molecule has 0 aromatic heterocycles. The van der Waals surface area contributed by atoms with Crippen LogP contribution < -0.4 is 10.6 Å². The van der Waals surface area contributed by atoms with E-state index in [4.69, 9.17) is 16.3 Å². The largest absolute Gasteiger partial charge is 0.440 e. The molecule has 2 saturated carbocycles. The number of nitrogens with one attached hydrogen (secondary N) is 2. The van der Waals surface area contributed by atoms with E-state index in [-0.39, 0.29) is 34.4 Å². The summed E-state index contributed by atoms with van der Waals surface area (Å²) in [5.41, 5.74) is -0.360. The topological polar surface area (TPSA) is 67.4 Å². The number of alkyl carbamates (subject to hydrolysis) is 1. The number of thioether (sulfide) groups is 1. The molecule has 180 valence electrons. The van der Waals surface area contributed by atoms with Crippen molar-refractivity contribution >= 4 is 41.1 Å². The van der Waals surface area contributed by atoms with E-state index >= 15 is 0 Å². The maximum atomic E-state index is 13.5. The zero-order valence-electron chi connectivity index (χ0n) is 18.2. The summed E-state index contributed by atoms with van der Waals surface area (Å²) >= 11 is 8.01. The summed E-state index contributed by atoms with van der Waals surface area (Å²) in [5, 5.41) is 5.95. The van der Waals surface area contributed by atoms with Crippen LogP contribution in [-0.4, -0.2) is 29.4 Å². The molecule has 1 aliphatic heterocycles. The van der Waals surface area contributed by atoms with Crippen molar-refractivity contribution in [1.82, 2.24) is 5.32 Å². The van der Waals surface area contributed by atoms with Gasteiger partial charge in [-0.25, -0.2) is 18.0 Å². The lowest BCUT2D eigenvalue weighted by Gasteiger charge is -2.42. The van der Waals surface area contributed by atoms with Crippen LogP contribution in [-0.2, 0) is 4.74 Å². The van der Waals surface area contributed by atoms with Crippen LogP contribution in [0.1, 0.15) is 36.5 Å². The van der Waals surface area contributed by atoms with E-state index in [1.54, 1.807) is 23.9 Å². The minimum Gasteiger partial charge on any atom is -0.440 e. The Morgan fingerprint density at radius 1 is 1.18 bits per heavy atom. The molecule has 10 heteroatoms. The maximum absolute atomic E-state index is 13.5. The third kappa shape index (κ3) is 4.02. The second-order valence-electron chi connectivity index (χ2n) is 9.28. The van der Waals surface area contributed by atoms with E-state index < -0.39 is 29.0 Å². The highest BCUT2D eigenvalue weighted by Gasteiger charge is 2.62. The van der Waals surface area contributed by atoms with E-state index in [9.17, 15) is 22.8 Å². The second-order valence-corrected chi connectivity index (χ2v) is 11.0. The molecule has 5 rings (SSSR count). The minimum absolute atomic E-state index is 0.187. The van der Waals surface area contributed by atoms with Crippen molar-refractivity contribution in [3.05, 3.63) is 58.4 Å². The lowest BCUT2D eigenvalue weighted by molar-refractivity contribution is -0.0358. The molecular weight excluding hydrogens is 489 g/mol. The highest BCUT2D eigenvalue weighted by molar-refractivity contribution is 8.00. The quantitative estimate of drug-likeness (QED) is 0.494. The number of halogens is 4. The Kier molecular flexibility index (Phi) is 5.96. The predicted molar refractivity (Wildman–Crippen MR) is 123 cm³/mol. The van der Waals surface area contributed by atoms with Crippen LogP contribution >= 0.6 is 23.4 Å². The number of carbonyl (C=O) groups is 2. The molecule has 34 heavy (non-hydrogen) atoms. The van der Waals surface area contributed by atoms with Crippen molar-refractivity contribution in [2.24, 2.45) is 17.8 Å². The number of benzene rings is 2. The van der Waals surface area contributed by atoms with Crippen LogP contribution in [0.2, 0.25) is 5.02 Å². The van der Waals surface area contributed by atoms with Crippen molar-refractivity contribution in [1.29, 1.82) is 0 Å². The van der Waals surface area contributed by atoms with Gasteiger partial charge in [-0.05, 0) is 43.4 Å². The molecule has 2 aromatic carbocycles. The van der Waals surface area contributed by atoms with Gasteiger partial charge in [-0.2, -0.15) is 0 Å². The van der Waals surface area contributed by atoms with Gasteiger partial charge in [0.15, 0.2) is 17.5 Å². The average molecular weight is 511 g/mol. The number of rotatable bonds is 4. The van der Waals surface area contributed by atoms with Gasteiger partial charge in [0.1, 0.15) is 5.60 Å². The highest BCUT2D eigenvalue weighted by atomic mass is 35.5. The Morgan fingerprint density at radius 2 is 1.91 bits per heavy atom. The lowest BCUT2D eigenvalue weighted by atomic mass is 9.73. The fraction of sp³-hybridized carbons (Fsp3) is 0.417. The van der Waals surface area contributed by atoms with Gasteiger partial charge in [0.05, 0.1) is 11.6 Å². The molecule has 3 fully saturated rings. The van der Waals surface area contributed by atoms with Gasteiger partial charge in [-0.15, -0.1) is 11.8 Å². The molecule has 2 aliphatic carbocycles. The SMILES string of the molecule is C[C@H]1CC2C[C@@H](Sc3cc(C(=O)Nc4cc(F)c(F)c(F)c4)ccc3Cl)C[C@H]1[C@@]21CNC(=O)O1. The highest BCUT2D eigenvalue weighted by Crippen LogP contribution is 2.58. The monoisotopic (exact) mass is 510 g/mol. The first kappa shape index (κ1) is 23.4. The minimum atomic E-state index is -1.59. The van der Waals surface area contributed by atoms with E-state index in [2.05, 4.69) is 17.6 Å². The first-order chi connectivity index (χ1) is 16.2. The molecule has 2 amide bonds. The molecule has 2 N–H and O–H groups in total. The summed E-state index contributed by atoms with van der Waals surface area (Å²) in [5.74, 6) is -4.02. The first-order valence-electron chi connectivity index (χ1n) is 11.0. The van der Waals surface area contributed by atoms with E-state index in [1.807, 2.05) is 0 Å². The molecule has 5 nitrogen and oxygen atoms in total. The molecule has 1 saturated heterocycles. The zero-order valence-corrected chi connectivity index (χ0v) is 19.7. The van der Waals surface area contributed by atoms with Crippen molar-refractivity contribution in [2.45, 2.75) is 41.9 Å². The van der Waals surface area contributed by atoms with E-state index in [0.717, 1.165) is 36.3 Å². The summed E-state index contributed by atoms with van der Waals surface area (Å²) in [6.07, 6.45) is 2.37. The van der Waals surface area contributed by atoms with Crippen LogP contribution in [0.15, 0.2) is 35.2 Å². The Labute approximate surface area is 203 Å². The number of anilines is 1. The normalized spacial score (nSPS) is 29.7. The molecule has 3 aliphatic rings. The lowest BCUT2D eigenvalue weighted by Crippen LogP contribution is -2.49. The van der Waals surface area contributed by atoms with Crippen molar-refractivity contribution < 1.29 is 27.5 Å². The molecule has 1 spiro atoms. The Bertz CT molecular complexity index is 1160. The number of ether oxygens (including phenoxy) is 1. The van der Waals surface area contributed by atoms with Gasteiger partial charge >= 0.3 is 6.09 Å². The van der Waals surface area contributed by atoms with Crippen LogP contribution in [0.4, 0.5) is 23.7 Å². The Morgan fingerprint density at radius 3 is 2.56 bits per heavy atom. The zero-order chi connectivity index (χ0) is 24.2. The summed E-state index contributed by atoms with van der Waals surface area (Å²) in [6.45, 7) is 2.74. The predicted octanol–water partition coefficient (Wildman–Crippen LogP) is 6.01. The fourth-order valence-electron chi connectivity index (χ4n) is 5.75. The summed E-state index contributed by atoms with van der Waals surface area (Å²) < 4.78 is 45.9. The summed E-state index contributed by atoms with van der Waals surface area (Å²) in [6, 6.07) is 6.21. The van der Waals surface area contributed by atoms with E-state index in [0.29, 0.717) is 17.5 Å². The third-order valence-electron chi connectivity index (χ3n) is 7.25. The summed E-state index contributed by atoms with van der Waals surface area (Å²) in [7, 11) is 0. The van der Waals surface area contributed by atoms with Crippen molar-refractivity contribution in [2.75, 3.05) is 11.9 Å². The van der Waals surface area contributed by atoms with Gasteiger partial charge in [0.25, 0.3) is 5.91 Å². The summed E-state index contributed by atoms with van der Waals surface area (Å²) in [4.78, 5) is 25.2. The third-order valence-corrected chi connectivity index (χ3v) is 9.00. The number of carbonyl (C=O) groups excluding carboxylic acids is 2. The van der Waals surface area contributed by atoms with Crippen LogP contribution in [0.25, 0.3) is 0 Å². The van der Waals surface area contributed by atoms with Gasteiger partial charge in [0, 0.05) is 45.4 Å². The van der Waals surface area contributed by atoms with Crippen molar-refractivity contribution in [3.8, 4) is 0 Å². The van der Waals surface area contributed by atoms with Crippen molar-refractivity contribution in [3.63, 3.8) is 0 Å². The van der Waals surface area contributed by atoms with Crippen LogP contribution in [0, 0.1) is 35.2 Å². The smallest absolute Gasteiger partial charge is 0.407 e. The molecule has 2 bridgehead atoms. The van der Waals surface area contributed by atoms with Gasteiger partial charge < -0.3 is 15.4 Å². The molecule has 5 atom stereocenters. The van der Waals surface area contributed by atoms with Gasteiger partial charge in [-0.3, -0.25) is 4.79 Å². The number of hydrogen-bond donors (Lipinski definition) is 2. The first-order valence-corrected chi connectivity index (χ1v) is 12.3. The molecule has 2 aromatic rings. The fourth-order valence-corrected chi connectivity index (χ4v) is 7.37. The molecule has 1 unspecified atom stereocenters. The van der Waals surface area contributed by atoms with Gasteiger partial charge in [-0.1, -0.05) is 18.5 Å².